The number of nitrogens with zero attached hydrogens (tertiary/aromatic N) is 4. The van der Waals surface area contributed by atoms with Crippen molar-refractivity contribution in [2.24, 2.45) is 0 Å². The Bertz CT molecular complexity index is 1230. The molecule has 0 saturated heterocycles. The molecule has 0 spiro atoms. The van der Waals surface area contributed by atoms with E-state index in [1.165, 1.54) is 4.70 Å². The fourth-order valence-corrected chi connectivity index (χ4v) is 5.06. The van der Waals surface area contributed by atoms with Crippen molar-refractivity contribution in [2.75, 3.05) is 7.11 Å². The minimum absolute atomic E-state index is 0.559. The number of furan rings is 1. The van der Waals surface area contributed by atoms with E-state index in [4.69, 9.17) is 14.1 Å². The highest BCUT2D eigenvalue weighted by atomic mass is 32.2. The fourth-order valence-electron chi connectivity index (χ4n) is 3.16. The first-order chi connectivity index (χ1) is 14.8. The largest absolute Gasteiger partial charge is 0.497 e. The maximum absolute atomic E-state index is 5.58. The van der Waals surface area contributed by atoms with E-state index in [1.54, 1.807) is 36.5 Å². The lowest BCUT2D eigenvalue weighted by Gasteiger charge is -2.09. The second-order valence-corrected chi connectivity index (χ2v) is 8.62. The van der Waals surface area contributed by atoms with Gasteiger partial charge in [-0.1, -0.05) is 23.9 Å². The Labute approximate surface area is 181 Å². The third-order valence-electron chi connectivity index (χ3n) is 4.62. The molecule has 2 aromatic carbocycles. The van der Waals surface area contributed by atoms with Gasteiger partial charge >= 0.3 is 0 Å². The summed E-state index contributed by atoms with van der Waals surface area (Å²) in [4.78, 5) is 4.73. The number of hydrogen-bond donors (Lipinski definition) is 0. The van der Waals surface area contributed by atoms with Gasteiger partial charge in [-0.25, -0.2) is 4.98 Å². The summed E-state index contributed by atoms with van der Waals surface area (Å²) in [5.41, 5.74) is 2.01. The Balaban J connectivity index is 1.45. The molecule has 3 aromatic heterocycles. The number of ether oxygens (including phenoxy) is 1. The maximum atomic E-state index is 5.58. The van der Waals surface area contributed by atoms with Gasteiger partial charge in [0.25, 0.3) is 0 Å². The van der Waals surface area contributed by atoms with Crippen LogP contribution in [-0.4, -0.2) is 26.9 Å². The highest BCUT2D eigenvalue weighted by Gasteiger charge is 2.17. The fraction of sp³-hybridized carbons (Fsp3) is 0.136. The highest BCUT2D eigenvalue weighted by molar-refractivity contribution is 7.98. The minimum atomic E-state index is 0.559. The molecule has 0 aliphatic rings. The summed E-state index contributed by atoms with van der Waals surface area (Å²) in [5.74, 6) is 3.19. The topological polar surface area (TPSA) is 66.0 Å². The Morgan fingerprint density at radius 1 is 1.03 bits per heavy atom. The lowest BCUT2D eigenvalue weighted by molar-refractivity contribution is 0.415. The van der Waals surface area contributed by atoms with Crippen molar-refractivity contribution in [2.45, 2.75) is 17.5 Å². The Morgan fingerprint density at radius 2 is 1.90 bits per heavy atom. The molecule has 0 unspecified atom stereocenters. The van der Waals surface area contributed by atoms with Gasteiger partial charge in [0.15, 0.2) is 11.0 Å². The van der Waals surface area contributed by atoms with Gasteiger partial charge in [-0.15, -0.1) is 21.5 Å². The van der Waals surface area contributed by atoms with E-state index in [0.29, 0.717) is 6.54 Å². The summed E-state index contributed by atoms with van der Waals surface area (Å²) in [6, 6.07) is 19.9. The van der Waals surface area contributed by atoms with E-state index in [1.807, 2.05) is 54.6 Å². The molecule has 5 aromatic rings. The summed E-state index contributed by atoms with van der Waals surface area (Å²) in [6.45, 7) is 0.559. The number of thioether (sulfide) groups is 1. The van der Waals surface area contributed by atoms with Gasteiger partial charge in [0, 0.05) is 5.56 Å². The first-order valence-electron chi connectivity index (χ1n) is 9.37. The van der Waals surface area contributed by atoms with Gasteiger partial charge in [0.2, 0.25) is 0 Å². The molecular weight excluding hydrogens is 416 g/mol. The maximum Gasteiger partial charge on any atom is 0.192 e. The molecule has 0 amide bonds. The Kier molecular flexibility index (Phi) is 5.25. The molecule has 8 heteroatoms. The average molecular weight is 435 g/mol. The summed E-state index contributed by atoms with van der Waals surface area (Å²) < 4.78 is 14.1. The summed E-state index contributed by atoms with van der Waals surface area (Å²) >= 11 is 3.34. The van der Waals surface area contributed by atoms with E-state index in [2.05, 4.69) is 20.8 Å². The zero-order valence-corrected chi connectivity index (χ0v) is 17.8. The lowest BCUT2D eigenvalue weighted by atomic mass is 10.2. The van der Waals surface area contributed by atoms with Crippen LogP contribution in [0.1, 0.15) is 10.8 Å². The van der Waals surface area contributed by atoms with Crippen molar-refractivity contribution in [1.82, 2.24) is 19.7 Å². The van der Waals surface area contributed by atoms with Crippen molar-refractivity contribution in [1.29, 1.82) is 0 Å². The van der Waals surface area contributed by atoms with Crippen LogP contribution < -0.4 is 4.74 Å². The van der Waals surface area contributed by atoms with Crippen LogP contribution >= 0.6 is 23.1 Å². The molecule has 5 rings (SSSR count). The lowest BCUT2D eigenvalue weighted by Crippen LogP contribution is -2.03. The molecule has 6 nitrogen and oxygen atoms in total. The Hall–Kier alpha value is -3.10. The molecule has 3 heterocycles. The van der Waals surface area contributed by atoms with Crippen molar-refractivity contribution >= 4 is 33.3 Å². The molecular formula is C22H18N4O2S2. The number of thiazole rings is 1. The molecule has 0 bridgehead atoms. The molecule has 0 aliphatic heterocycles. The molecule has 0 atom stereocenters. The van der Waals surface area contributed by atoms with Crippen molar-refractivity contribution in [3.63, 3.8) is 0 Å². The van der Waals surface area contributed by atoms with Gasteiger partial charge in [-0.2, -0.15) is 0 Å². The van der Waals surface area contributed by atoms with Crippen LogP contribution in [-0.2, 0) is 12.3 Å². The minimum Gasteiger partial charge on any atom is -0.497 e. The number of rotatable bonds is 7. The summed E-state index contributed by atoms with van der Waals surface area (Å²) in [7, 11) is 1.66. The summed E-state index contributed by atoms with van der Waals surface area (Å²) in [6.07, 6.45) is 1.68. The normalized spacial score (nSPS) is 11.2. The zero-order valence-electron chi connectivity index (χ0n) is 16.2. The van der Waals surface area contributed by atoms with Crippen molar-refractivity contribution in [3.05, 3.63) is 77.7 Å². The standard InChI is InChI=1S/C22H18N4O2S2/c1-27-16-10-8-15(9-11-16)21-24-25-22(26(21)13-17-5-4-12-28-17)29-14-20-23-18-6-2-3-7-19(18)30-20/h2-12H,13-14H2,1H3. The van der Waals surface area contributed by atoms with Crippen molar-refractivity contribution < 1.29 is 9.15 Å². The molecule has 0 fully saturated rings. The predicted octanol–water partition coefficient (Wildman–Crippen LogP) is 5.50. The number of aromatic nitrogens is 4. The smallest absolute Gasteiger partial charge is 0.192 e. The van der Waals surface area contributed by atoms with Crippen LogP contribution in [0.15, 0.2) is 76.5 Å². The number of hydrogen-bond acceptors (Lipinski definition) is 7. The molecule has 0 aliphatic carbocycles. The third kappa shape index (κ3) is 3.83. The van der Waals surface area contributed by atoms with Crippen LogP contribution in [0, 0.1) is 0 Å². The van der Waals surface area contributed by atoms with E-state index in [9.17, 15) is 0 Å². The zero-order chi connectivity index (χ0) is 20.3. The number of fused-ring (bicyclic) bond motifs is 1. The van der Waals surface area contributed by atoms with E-state index < -0.39 is 0 Å². The number of para-hydroxylation sites is 1. The molecule has 30 heavy (non-hydrogen) atoms. The van der Waals surface area contributed by atoms with Crippen LogP contribution in [0.25, 0.3) is 21.6 Å². The van der Waals surface area contributed by atoms with Crippen LogP contribution in [0.3, 0.4) is 0 Å². The van der Waals surface area contributed by atoms with Crippen LogP contribution in [0.2, 0.25) is 0 Å². The predicted molar refractivity (Wildman–Crippen MR) is 119 cm³/mol. The Morgan fingerprint density at radius 3 is 2.67 bits per heavy atom. The third-order valence-corrected chi connectivity index (χ3v) is 6.82. The summed E-state index contributed by atoms with van der Waals surface area (Å²) in [5, 5.41) is 10.8. The quantitative estimate of drug-likeness (QED) is 0.315. The van der Waals surface area contributed by atoms with Gasteiger partial charge in [-0.3, -0.25) is 4.57 Å². The SMILES string of the molecule is COc1ccc(-c2nnc(SCc3nc4ccccc4s3)n2Cc2ccco2)cc1. The van der Waals surface area contributed by atoms with E-state index in [0.717, 1.165) is 44.3 Å². The molecule has 0 N–H and O–H groups in total. The first kappa shape index (κ1) is 18.9. The van der Waals surface area contributed by atoms with Gasteiger partial charge in [0.1, 0.15) is 16.5 Å². The van der Waals surface area contributed by atoms with E-state index in [-0.39, 0.29) is 0 Å². The highest BCUT2D eigenvalue weighted by Crippen LogP contribution is 2.31. The average Bonchev–Trinajstić information content (AvgIpc) is 3.52. The second-order valence-electron chi connectivity index (χ2n) is 6.56. The van der Waals surface area contributed by atoms with Crippen molar-refractivity contribution in [3.8, 4) is 17.1 Å². The number of benzene rings is 2. The monoisotopic (exact) mass is 434 g/mol. The van der Waals surface area contributed by atoms with Crippen LogP contribution in [0.4, 0.5) is 0 Å². The van der Waals surface area contributed by atoms with E-state index >= 15 is 0 Å². The van der Waals surface area contributed by atoms with Crippen LogP contribution in [0.5, 0.6) is 5.75 Å². The van der Waals surface area contributed by atoms with Gasteiger partial charge in [0.05, 0.1) is 35.9 Å². The molecule has 0 radical (unpaired) electrons. The first-order valence-corrected chi connectivity index (χ1v) is 11.2. The number of methoxy groups -OCH3 is 1. The molecule has 150 valence electrons. The van der Waals surface area contributed by atoms with Gasteiger partial charge in [-0.05, 0) is 48.5 Å². The molecule has 0 saturated carbocycles. The van der Waals surface area contributed by atoms with Gasteiger partial charge < -0.3 is 9.15 Å². The second kappa shape index (κ2) is 8.33.